The Bertz CT molecular complexity index is 945. The van der Waals surface area contributed by atoms with E-state index in [1.165, 1.54) is 11.1 Å². The van der Waals surface area contributed by atoms with Gasteiger partial charge in [-0.05, 0) is 38.8 Å². The highest BCUT2D eigenvalue weighted by Crippen LogP contribution is 2.34. The Morgan fingerprint density at radius 2 is 1.59 bits per heavy atom. The number of rotatable bonds is 4. The Kier molecular flexibility index (Phi) is 5.12. The van der Waals surface area contributed by atoms with Gasteiger partial charge in [0.1, 0.15) is 5.78 Å². The number of aromatic nitrogens is 3. The van der Waals surface area contributed by atoms with Gasteiger partial charge >= 0.3 is 0 Å². The van der Waals surface area contributed by atoms with Crippen molar-refractivity contribution in [3.05, 3.63) is 59.7 Å². The van der Waals surface area contributed by atoms with Crippen LogP contribution < -0.4 is 0 Å². The third-order valence-corrected chi connectivity index (χ3v) is 6.24. The molecule has 1 unspecified atom stereocenters. The Morgan fingerprint density at radius 1 is 0.926 bits per heavy atom. The molecule has 1 atom stereocenters. The number of nitrogens with zero attached hydrogens (tertiary/aromatic N) is 3. The van der Waals surface area contributed by atoms with E-state index in [1.54, 1.807) is 11.8 Å². The van der Waals surface area contributed by atoms with Crippen LogP contribution in [0.3, 0.4) is 0 Å². The summed E-state index contributed by atoms with van der Waals surface area (Å²) in [6, 6.07) is 16.7. The van der Waals surface area contributed by atoms with Crippen LogP contribution in [0.2, 0.25) is 0 Å². The summed E-state index contributed by atoms with van der Waals surface area (Å²) < 4.78 is 2.08. The molecular weight excluding hydrogens is 354 g/mol. The van der Waals surface area contributed by atoms with Crippen LogP contribution in [-0.2, 0) is 4.79 Å². The molecule has 1 heterocycles. The average molecular weight is 378 g/mol. The summed E-state index contributed by atoms with van der Waals surface area (Å²) in [7, 11) is 0. The maximum atomic E-state index is 12.3. The second-order valence-corrected chi connectivity index (χ2v) is 8.33. The van der Waals surface area contributed by atoms with Gasteiger partial charge in [-0.1, -0.05) is 65.7 Å². The molecular formula is C22H23N3OS. The summed E-state index contributed by atoms with van der Waals surface area (Å²) in [6.07, 6.45) is 3.72. The Hall–Kier alpha value is -2.40. The Morgan fingerprint density at radius 3 is 2.26 bits per heavy atom. The molecule has 0 N–H and O–H groups in total. The fourth-order valence-electron chi connectivity index (χ4n) is 3.37. The number of benzene rings is 2. The molecule has 4 rings (SSSR count). The molecule has 0 saturated heterocycles. The van der Waals surface area contributed by atoms with Gasteiger partial charge < -0.3 is 0 Å². The lowest BCUT2D eigenvalue weighted by atomic mass is 9.99. The van der Waals surface area contributed by atoms with E-state index in [4.69, 9.17) is 0 Å². The molecule has 1 fully saturated rings. The highest BCUT2D eigenvalue weighted by atomic mass is 32.2. The second-order valence-electron chi connectivity index (χ2n) is 7.16. The lowest BCUT2D eigenvalue weighted by Gasteiger charge is -2.20. The van der Waals surface area contributed by atoms with Gasteiger partial charge in [-0.3, -0.25) is 9.36 Å². The maximum absolute atomic E-state index is 12.3. The molecule has 0 amide bonds. The predicted molar refractivity (Wildman–Crippen MR) is 109 cm³/mol. The quantitative estimate of drug-likeness (QED) is 0.630. The van der Waals surface area contributed by atoms with Gasteiger partial charge in [0.2, 0.25) is 0 Å². The fourth-order valence-corrected chi connectivity index (χ4v) is 4.54. The third-order valence-electron chi connectivity index (χ3n) is 4.98. The van der Waals surface area contributed by atoms with Crippen LogP contribution in [0.1, 0.15) is 36.8 Å². The minimum Gasteiger partial charge on any atom is -0.298 e. The molecule has 1 aliphatic carbocycles. The zero-order valence-electron chi connectivity index (χ0n) is 15.7. The van der Waals surface area contributed by atoms with Crippen molar-refractivity contribution < 1.29 is 4.79 Å². The van der Waals surface area contributed by atoms with E-state index < -0.39 is 0 Å². The van der Waals surface area contributed by atoms with Crippen molar-refractivity contribution in [2.45, 2.75) is 49.9 Å². The molecule has 5 heteroatoms. The van der Waals surface area contributed by atoms with Crippen molar-refractivity contribution in [2.24, 2.45) is 0 Å². The number of carbonyl (C=O) groups excluding carboxylic acids is 1. The summed E-state index contributed by atoms with van der Waals surface area (Å²) in [6.45, 7) is 4.15. The molecule has 0 spiro atoms. The average Bonchev–Trinajstić information content (AvgIpc) is 3.08. The van der Waals surface area contributed by atoms with Gasteiger partial charge in [-0.15, -0.1) is 10.2 Å². The van der Waals surface area contributed by atoms with E-state index in [0.29, 0.717) is 12.2 Å². The van der Waals surface area contributed by atoms with Crippen molar-refractivity contribution in [3.63, 3.8) is 0 Å². The summed E-state index contributed by atoms with van der Waals surface area (Å²) in [5, 5.41) is 9.72. The summed E-state index contributed by atoms with van der Waals surface area (Å²) in [5.41, 5.74) is 4.46. The molecule has 1 aromatic heterocycles. The summed E-state index contributed by atoms with van der Waals surface area (Å²) in [5.74, 6) is 1.14. The SMILES string of the molecule is Cc1ccc(-c2nnc(SC3CCCCC3=O)n2-c2ccc(C)cc2)cc1. The smallest absolute Gasteiger partial charge is 0.196 e. The van der Waals surface area contributed by atoms with Gasteiger partial charge in [0.15, 0.2) is 11.0 Å². The van der Waals surface area contributed by atoms with Crippen molar-refractivity contribution in [1.29, 1.82) is 0 Å². The third kappa shape index (κ3) is 3.83. The van der Waals surface area contributed by atoms with Gasteiger partial charge in [-0.2, -0.15) is 0 Å². The zero-order valence-corrected chi connectivity index (χ0v) is 16.5. The van der Waals surface area contributed by atoms with Crippen molar-refractivity contribution in [1.82, 2.24) is 14.8 Å². The van der Waals surface area contributed by atoms with E-state index in [1.807, 2.05) is 0 Å². The topological polar surface area (TPSA) is 47.8 Å². The van der Waals surface area contributed by atoms with Crippen molar-refractivity contribution in [3.8, 4) is 17.1 Å². The van der Waals surface area contributed by atoms with Crippen LogP contribution >= 0.6 is 11.8 Å². The number of carbonyl (C=O) groups is 1. The minimum absolute atomic E-state index is 0.0157. The van der Waals surface area contributed by atoms with E-state index in [-0.39, 0.29) is 5.25 Å². The van der Waals surface area contributed by atoms with Crippen LogP contribution in [0, 0.1) is 13.8 Å². The van der Waals surface area contributed by atoms with Gasteiger partial charge in [-0.25, -0.2) is 0 Å². The first-order valence-corrected chi connectivity index (χ1v) is 10.3. The fraction of sp³-hybridized carbons (Fsp3) is 0.318. The van der Waals surface area contributed by atoms with E-state index >= 15 is 0 Å². The van der Waals surface area contributed by atoms with E-state index in [2.05, 4.69) is 77.1 Å². The zero-order chi connectivity index (χ0) is 18.8. The first kappa shape index (κ1) is 18.0. The van der Waals surface area contributed by atoms with Gasteiger partial charge in [0.05, 0.1) is 5.25 Å². The molecule has 27 heavy (non-hydrogen) atoms. The van der Waals surface area contributed by atoms with Gasteiger partial charge in [0, 0.05) is 17.7 Å². The van der Waals surface area contributed by atoms with Crippen LogP contribution in [0.15, 0.2) is 53.7 Å². The highest BCUT2D eigenvalue weighted by Gasteiger charge is 2.26. The number of ketones is 1. The van der Waals surface area contributed by atoms with Crippen LogP contribution in [0.5, 0.6) is 0 Å². The molecule has 3 aromatic rings. The summed E-state index contributed by atoms with van der Waals surface area (Å²) in [4.78, 5) is 12.3. The van der Waals surface area contributed by atoms with Crippen LogP contribution in [-0.4, -0.2) is 25.8 Å². The van der Waals surface area contributed by atoms with E-state index in [0.717, 1.165) is 41.5 Å². The molecule has 0 radical (unpaired) electrons. The van der Waals surface area contributed by atoms with E-state index in [9.17, 15) is 4.79 Å². The Labute approximate surface area is 164 Å². The monoisotopic (exact) mass is 377 g/mol. The van der Waals surface area contributed by atoms with Crippen molar-refractivity contribution >= 4 is 17.5 Å². The molecule has 0 aliphatic heterocycles. The molecule has 4 nitrogen and oxygen atoms in total. The predicted octanol–water partition coefficient (Wildman–Crippen LogP) is 5.15. The molecule has 138 valence electrons. The highest BCUT2D eigenvalue weighted by molar-refractivity contribution is 8.00. The number of Topliss-reactive ketones (excluding diaryl/α,β-unsaturated/α-hetero) is 1. The number of thioether (sulfide) groups is 1. The largest absolute Gasteiger partial charge is 0.298 e. The Balaban J connectivity index is 1.77. The number of aryl methyl sites for hydroxylation is 2. The molecule has 1 saturated carbocycles. The second kappa shape index (κ2) is 7.69. The first-order chi connectivity index (χ1) is 13.1. The first-order valence-electron chi connectivity index (χ1n) is 9.41. The minimum atomic E-state index is -0.0157. The number of hydrogen-bond acceptors (Lipinski definition) is 4. The maximum Gasteiger partial charge on any atom is 0.196 e. The summed E-state index contributed by atoms with van der Waals surface area (Å²) >= 11 is 1.56. The van der Waals surface area contributed by atoms with Crippen molar-refractivity contribution in [2.75, 3.05) is 0 Å². The van der Waals surface area contributed by atoms with Crippen LogP contribution in [0.25, 0.3) is 17.1 Å². The lowest BCUT2D eigenvalue weighted by molar-refractivity contribution is -0.119. The molecule has 0 bridgehead atoms. The normalized spacial score (nSPS) is 17.3. The number of hydrogen-bond donors (Lipinski definition) is 0. The molecule has 2 aromatic carbocycles. The van der Waals surface area contributed by atoms with Crippen LogP contribution in [0.4, 0.5) is 0 Å². The standard InChI is InChI=1S/C22H23N3OS/c1-15-7-11-17(12-8-15)21-23-24-22(27-20-6-4-3-5-19(20)26)25(21)18-13-9-16(2)10-14-18/h7-14,20H,3-6H2,1-2H3. The molecule has 1 aliphatic rings. The van der Waals surface area contributed by atoms with Gasteiger partial charge in [0.25, 0.3) is 0 Å². The lowest BCUT2D eigenvalue weighted by Crippen LogP contribution is -2.21.